The topological polar surface area (TPSA) is 12.0 Å². The summed E-state index contributed by atoms with van der Waals surface area (Å²) in [4.78, 5) is 0. The smallest absolute Gasteiger partial charge is 0.0397 e. The molecule has 0 atom stereocenters. The Kier molecular flexibility index (Phi) is 3.15. The van der Waals surface area contributed by atoms with Crippen LogP contribution in [0, 0.1) is 0 Å². The average molecular weight is 163 g/mol. The maximum Gasteiger partial charge on any atom is 0.0397 e. The summed E-state index contributed by atoms with van der Waals surface area (Å²) in [6, 6.07) is 0. The first-order chi connectivity index (χ1) is 5.75. The van der Waals surface area contributed by atoms with Gasteiger partial charge < -0.3 is 5.32 Å². The molecule has 0 aromatic heterocycles. The average Bonchev–Trinajstić information content (AvgIpc) is 2.04. The zero-order valence-corrected chi connectivity index (χ0v) is 7.98. The van der Waals surface area contributed by atoms with Gasteiger partial charge in [-0.05, 0) is 38.5 Å². The molecule has 0 aliphatic heterocycles. The van der Waals surface area contributed by atoms with Crippen molar-refractivity contribution in [3.63, 3.8) is 0 Å². The number of allylic oxidation sites excluding steroid dienone is 2. The van der Waals surface area contributed by atoms with Crippen LogP contribution < -0.4 is 5.32 Å². The Morgan fingerprint density at radius 2 is 2.33 bits per heavy atom. The minimum atomic E-state index is 0.928. The van der Waals surface area contributed by atoms with Crippen LogP contribution in [0.2, 0.25) is 0 Å². The zero-order valence-electron chi connectivity index (χ0n) is 7.98. The van der Waals surface area contributed by atoms with Crippen molar-refractivity contribution in [2.75, 3.05) is 6.54 Å². The van der Waals surface area contributed by atoms with E-state index in [1.807, 2.05) is 0 Å². The van der Waals surface area contributed by atoms with Crippen molar-refractivity contribution in [2.24, 2.45) is 0 Å². The molecule has 12 heavy (non-hydrogen) atoms. The van der Waals surface area contributed by atoms with E-state index in [-0.39, 0.29) is 0 Å². The quantitative estimate of drug-likeness (QED) is 0.674. The molecule has 1 aliphatic carbocycles. The van der Waals surface area contributed by atoms with Crippen LogP contribution in [0.25, 0.3) is 0 Å². The maximum atomic E-state index is 3.64. The Labute approximate surface area is 74.9 Å². The Balaban J connectivity index is 2.69. The Morgan fingerprint density at radius 3 is 2.92 bits per heavy atom. The van der Waals surface area contributed by atoms with Crippen molar-refractivity contribution in [3.05, 3.63) is 35.6 Å². The van der Waals surface area contributed by atoms with E-state index in [9.17, 15) is 0 Å². The second kappa shape index (κ2) is 4.15. The van der Waals surface area contributed by atoms with Crippen LogP contribution in [-0.2, 0) is 0 Å². The van der Waals surface area contributed by atoms with Gasteiger partial charge in [-0.1, -0.05) is 23.8 Å². The summed E-state index contributed by atoms with van der Waals surface area (Å²) in [7, 11) is 0. The lowest BCUT2D eigenvalue weighted by atomic mass is 9.93. The summed E-state index contributed by atoms with van der Waals surface area (Å²) in [5, 5.41) is 3.14. The van der Waals surface area contributed by atoms with Crippen LogP contribution >= 0.6 is 0 Å². The summed E-state index contributed by atoms with van der Waals surface area (Å²) >= 11 is 0. The van der Waals surface area contributed by atoms with Gasteiger partial charge in [0.2, 0.25) is 0 Å². The van der Waals surface area contributed by atoms with Crippen LogP contribution in [0.15, 0.2) is 35.6 Å². The summed E-state index contributed by atoms with van der Waals surface area (Å²) < 4.78 is 0. The fourth-order valence-corrected chi connectivity index (χ4v) is 1.58. The van der Waals surface area contributed by atoms with Crippen molar-refractivity contribution in [1.82, 2.24) is 5.32 Å². The molecule has 0 radical (unpaired) electrons. The SMILES string of the molecule is C=CNCC1=C(C)CCC=C1C. The van der Waals surface area contributed by atoms with Crippen molar-refractivity contribution < 1.29 is 0 Å². The largest absolute Gasteiger partial charge is 0.387 e. The molecule has 1 heteroatoms. The number of nitrogens with one attached hydrogen (secondary N) is 1. The summed E-state index contributed by atoms with van der Waals surface area (Å²) in [5.41, 5.74) is 4.40. The minimum absolute atomic E-state index is 0.928. The molecular formula is C11H17N. The minimum Gasteiger partial charge on any atom is -0.387 e. The van der Waals surface area contributed by atoms with Crippen LogP contribution in [-0.4, -0.2) is 6.54 Å². The van der Waals surface area contributed by atoms with E-state index in [0.717, 1.165) is 6.54 Å². The second-order valence-electron chi connectivity index (χ2n) is 3.27. The molecule has 66 valence electrons. The lowest BCUT2D eigenvalue weighted by molar-refractivity contribution is 0.857. The van der Waals surface area contributed by atoms with Gasteiger partial charge in [-0.25, -0.2) is 0 Å². The second-order valence-corrected chi connectivity index (χ2v) is 3.27. The molecule has 0 saturated heterocycles. The number of hydrogen-bond donors (Lipinski definition) is 1. The fraction of sp³-hybridized carbons (Fsp3) is 0.455. The van der Waals surface area contributed by atoms with E-state index in [0.29, 0.717) is 0 Å². The normalized spacial score (nSPS) is 17.3. The van der Waals surface area contributed by atoms with E-state index in [2.05, 4.69) is 31.8 Å². The molecule has 0 amide bonds. The van der Waals surface area contributed by atoms with Crippen LogP contribution in [0.5, 0.6) is 0 Å². The van der Waals surface area contributed by atoms with Crippen LogP contribution in [0.1, 0.15) is 26.7 Å². The molecule has 0 aromatic rings. The molecule has 0 fully saturated rings. The van der Waals surface area contributed by atoms with Gasteiger partial charge in [-0.3, -0.25) is 0 Å². The summed E-state index contributed by atoms with van der Waals surface area (Å²) in [6.45, 7) is 8.97. The highest BCUT2D eigenvalue weighted by atomic mass is 14.8. The Bertz CT molecular complexity index is 233. The van der Waals surface area contributed by atoms with Gasteiger partial charge in [0.05, 0.1) is 0 Å². The molecule has 0 heterocycles. The molecule has 1 aliphatic rings. The Hall–Kier alpha value is -0.980. The van der Waals surface area contributed by atoms with Gasteiger partial charge in [0.15, 0.2) is 0 Å². The van der Waals surface area contributed by atoms with Gasteiger partial charge in [-0.15, -0.1) is 0 Å². The molecule has 0 spiro atoms. The van der Waals surface area contributed by atoms with Gasteiger partial charge in [0, 0.05) is 6.54 Å². The lowest BCUT2D eigenvalue weighted by Crippen LogP contribution is -2.13. The molecule has 0 unspecified atom stereocenters. The monoisotopic (exact) mass is 163 g/mol. The lowest BCUT2D eigenvalue weighted by Gasteiger charge is -2.17. The van der Waals surface area contributed by atoms with Gasteiger partial charge in [-0.2, -0.15) is 0 Å². The van der Waals surface area contributed by atoms with E-state index in [1.165, 1.54) is 29.6 Å². The van der Waals surface area contributed by atoms with E-state index >= 15 is 0 Å². The predicted octanol–water partition coefficient (Wildman–Crippen LogP) is 2.78. The highest BCUT2D eigenvalue weighted by Crippen LogP contribution is 2.23. The molecule has 1 nitrogen and oxygen atoms in total. The first-order valence-electron chi connectivity index (χ1n) is 4.45. The molecular weight excluding hydrogens is 146 g/mol. The third-order valence-corrected chi connectivity index (χ3v) is 2.38. The van der Waals surface area contributed by atoms with Crippen molar-refractivity contribution >= 4 is 0 Å². The van der Waals surface area contributed by atoms with Crippen molar-refractivity contribution in [3.8, 4) is 0 Å². The van der Waals surface area contributed by atoms with Crippen molar-refractivity contribution in [1.29, 1.82) is 0 Å². The third kappa shape index (κ3) is 2.00. The summed E-state index contributed by atoms with van der Waals surface area (Å²) in [5.74, 6) is 0. The first-order valence-corrected chi connectivity index (χ1v) is 4.45. The fourth-order valence-electron chi connectivity index (χ4n) is 1.58. The number of rotatable bonds is 3. The molecule has 0 aromatic carbocycles. The molecule has 1 rings (SSSR count). The third-order valence-electron chi connectivity index (χ3n) is 2.38. The standard InChI is InChI=1S/C11H17N/c1-4-12-8-11-9(2)6-5-7-10(11)3/h4,6,12H,1,5,7-8H2,2-3H3. The van der Waals surface area contributed by atoms with Gasteiger partial charge >= 0.3 is 0 Å². The first kappa shape index (κ1) is 9.11. The number of hydrogen-bond acceptors (Lipinski definition) is 1. The van der Waals surface area contributed by atoms with Gasteiger partial charge in [0.1, 0.15) is 0 Å². The van der Waals surface area contributed by atoms with E-state index in [4.69, 9.17) is 0 Å². The van der Waals surface area contributed by atoms with Crippen LogP contribution in [0.4, 0.5) is 0 Å². The molecule has 0 saturated carbocycles. The molecule has 1 N–H and O–H groups in total. The highest BCUT2D eigenvalue weighted by molar-refractivity contribution is 5.37. The Morgan fingerprint density at radius 1 is 1.58 bits per heavy atom. The summed E-state index contributed by atoms with van der Waals surface area (Å²) in [6.07, 6.45) is 6.48. The van der Waals surface area contributed by atoms with Crippen molar-refractivity contribution in [2.45, 2.75) is 26.7 Å². The predicted molar refractivity (Wildman–Crippen MR) is 53.9 cm³/mol. The zero-order chi connectivity index (χ0) is 8.97. The molecule has 0 bridgehead atoms. The van der Waals surface area contributed by atoms with E-state index < -0.39 is 0 Å². The van der Waals surface area contributed by atoms with Crippen LogP contribution in [0.3, 0.4) is 0 Å². The van der Waals surface area contributed by atoms with Gasteiger partial charge in [0.25, 0.3) is 0 Å². The van der Waals surface area contributed by atoms with E-state index in [1.54, 1.807) is 6.20 Å². The highest BCUT2D eigenvalue weighted by Gasteiger charge is 2.07. The maximum absolute atomic E-state index is 3.64.